The van der Waals surface area contributed by atoms with Gasteiger partial charge in [0.1, 0.15) is 5.52 Å². The Labute approximate surface area is 129 Å². The number of nitrogens with zero attached hydrogens (tertiary/aromatic N) is 4. The van der Waals surface area contributed by atoms with E-state index in [0.717, 1.165) is 37.1 Å². The predicted octanol–water partition coefficient (Wildman–Crippen LogP) is 0.974. The molecule has 0 bridgehead atoms. The van der Waals surface area contributed by atoms with Crippen molar-refractivity contribution >= 4 is 16.9 Å². The number of pyridine rings is 1. The number of imidazole rings is 1. The quantitative estimate of drug-likeness (QED) is 0.839. The molecule has 6 nitrogen and oxygen atoms in total. The minimum atomic E-state index is -0.131. The van der Waals surface area contributed by atoms with E-state index in [4.69, 9.17) is 5.73 Å². The number of aromatic nitrogens is 3. The summed E-state index contributed by atoms with van der Waals surface area (Å²) in [6, 6.07) is 5.02. The molecule has 2 N–H and O–H groups in total. The summed E-state index contributed by atoms with van der Waals surface area (Å²) in [5, 5.41) is 0. The zero-order valence-electron chi connectivity index (χ0n) is 13.0. The van der Waals surface area contributed by atoms with E-state index < -0.39 is 0 Å². The van der Waals surface area contributed by atoms with Crippen molar-refractivity contribution in [3.8, 4) is 12.0 Å². The van der Waals surface area contributed by atoms with Crippen molar-refractivity contribution in [3.63, 3.8) is 0 Å². The van der Waals surface area contributed by atoms with Crippen LogP contribution in [0.2, 0.25) is 0 Å². The van der Waals surface area contributed by atoms with Gasteiger partial charge in [0.25, 0.3) is 0 Å². The second-order valence-corrected chi connectivity index (χ2v) is 5.57. The van der Waals surface area contributed by atoms with Gasteiger partial charge in [-0.2, -0.15) is 0 Å². The molecule has 0 aliphatic carbocycles. The third-order valence-corrected chi connectivity index (χ3v) is 4.12. The van der Waals surface area contributed by atoms with Gasteiger partial charge < -0.3 is 10.6 Å². The maximum absolute atomic E-state index is 12.5. The highest BCUT2D eigenvalue weighted by atomic mass is 16.1. The van der Waals surface area contributed by atoms with Crippen LogP contribution in [-0.4, -0.2) is 33.2 Å². The second kappa shape index (κ2) is 5.85. The first-order valence-corrected chi connectivity index (χ1v) is 7.71. The molecule has 3 heterocycles. The van der Waals surface area contributed by atoms with Crippen LogP contribution >= 0.6 is 0 Å². The summed E-state index contributed by atoms with van der Waals surface area (Å²) in [4.78, 5) is 19.2. The van der Waals surface area contributed by atoms with Crippen molar-refractivity contribution < 1.29 is 0 Å². The lowest BCUT2D eigenvalue weighted by atomic mass is 10.1. The van der Waals surface area contributed by atoms with E-state index in [-0.39, 0.29) is 11.7 Å². The lowest BCUT2D eigenvalue weighted by Gasteiger charge is -2.32. The molecule has 1 saturated heterocycles. The lowest BCUT2D eigenvalue weighted by Crippen LogP contribution is -2.43. The summed E-state index contributed by atoms with van der Waals surface area (Å²) in [5.74, 6) is 2.82. The van der Waals surface area contributed by atoms with Crippen LogP contribution in [0.4, 0.5) is 5.69 Å². The molecule has 1 aliphatic rings. The van der Waals surface area contributed by atoms with Crippen LogP contribution in [0.3, 0.4) is 0 Å². The molecule has 1 fully saturated rings. The van der Waals surface area contributed by atoms with Crippen molar-refractivity contribution in [1.29, 1.82) is 0 Å². The molecule has 0 unspecified atom stereocenters. The van der Waals surface area contributed by atoms with Crippen LogP contribution in [-0.2, 0) is 6.54 Å². The fourth-order valence-electron chi connectivity index (χ4n) is 3.14. The van der Waals surface area contributed by atoms with Crippen LogP contribution in [0.15, 0.2) is 17.1 Å². The molecule has 0 saturated carbocycles. The van der Waals surface area contributed by atoms with E-state index in [2.05, 4.69) is 21.8 Å². The van der Waals surface area contributed by atoms with Gasteiger partial charge >= 0.3 is 5.69 Å². The van der Waals surface area contributed by atoms with Gasteiger partial charge in [0.15, 0.2) is 5.65 Å². The Kier molecular flexibility index (Phi) is 3.90. The Bertz CT molecular complexity index is 808. The average Bonchev–Trinajstić information content (AvgIpc) is 2.79. The van der Waals surface area contributed by atoms with Crippen LogP contribution < -0.4 is 16.3 Å². The van der Waals surface area contributed by atoms with Gasteiger partial charge in [-0.05, 0) is 32.8 Å². The fourth-order valence-corrected chi connectivity index (χ4v) is 3.14. The third kappa shape index (κ3) is 2.28. The zero-order valence-corrected chi connectivity index (χ0v) is 13.0. The SMILES string of the molecule is CC#Cn1c(=O)n(CC)c2nccc(N3CCC[C@@H](N)C3)c21. The Hall–Kier alpha value is -2.26. The highest BCUT2D eigenvalue weighted by molar-refractivity contribution is 5.87. The van der Waals surface area contributed by atoms with Gasteiger partial charge in [-0.25, -0.2) is 14.3 Å². The van der Waals surface area contributed by atoms with E-state index in [9.17, 15) is 4.79 Å². The minimum Gasteiger partial charge on any atom is -0.368 e. The number of nitrogens with two attached hydrogens (primary N) is 1. The van der Waals surface area contributed by atoms with Crippen LogP contribution in [0, 0.1) is 12.0 Å². The molecule has 1 aliphatic heterocycles. The number of anilines is 1. The van der Waals surface area contributed by atoms with Crippen molar-refractivity contribution in [3.05, 3.63) is 22.7 Å². The van der Waals surface area contributed by atoms with Crippen molar-refractivity contribution in [2.24, 2.45) is 5.73 Å². The standard InChI is InChI=1S/C16H21N5O/c1-3-9-21-14-13(19-10-5-6-12(17)11-19)7-8-18-15(14)20(4-2)16(21)22/h7-8,12H,4-6,10-11,17H2,1-2H3/t12-/m1/s1. The van der Waals surface area contributed by atoms with Gasteiger partial charge in [0.05, 0.1) is 5.69 Å². The third-order valence-electron chi connectivity index (χ3n) is 4.12. The molecule has 1 atom stereocenters. The van der Waals surface area contributed by atoms with E-state index >= 15 is 0 Å². The molecule has 2 aromatic rings. The largest absolute Gasteiger partial charge is 0.368 e. The predicted molar refractivity (Wildman–Crippen MR) is 87.9 cm³/mol. The Balaban J connectivity index is 2.26. The van der Waals surface area contributed by atoms with Crippen molar-refractivity contribution in [2.45, 2.75) is 39.3 Å². The lowest BCUT2D eigenvalue weighted by molar-refractivity contribution is 0.506. The number of aryl methyl sites for hydroxylation is 1. The first kappa shape index (κ1) is 14.7. The summed E-state index contributed by atoms with van der Waals surface area (Å²) in [6.45, 7) is 5.98. The zero-order chi connectivity index (χ0) is 15.7. The molecule has 3 rings (SSSR count). The van der Waals surface area contributed by atoms with E-state index in [1.54, 1.807) is 17.7 Å². The van der Waals surface area contributed by atoms with Gasteiger partial charge in [-0.1, -0.05) is 5.92 Å². The number of hydrogen-bond acceptors (Lipinski definition) is 4. The topological polar surface area (TPSA) is 69.1 Å². The molecule has 0 spiro atoms. The summed E-state index contributed by atoms with van der Waals surface area (Å²) in [7, 11) is 0. The molecule has 0 aromatic carbocycles. The normalized spacial score (nSPS) is 18.3. The van der Waals surface area contributed by atoms with Gasteiger partial charge in [0.2, 0.25) is 0 Å². The number of rotatable bonds is 2. The second-order valence-electron chi connectivity index (χ2n) is 5.57. The van der Waals surface area contributed by atoms with Gasteiger partial charge in [-0.15, -0.1) is 0 Å². The molecule has 2 aromatic heterocycles. The highest BCUT2D eigenvalue weighted by Crippen LogP contribution is 2.27. The van der Waals surface area contributed by atoms with Gasteiger partial charge in [0, 0.05) is 37.9 Å². The van der Waals surface area contributed by atoms with Crippen molar-refractivity contribution in [2.75, 3.05) is 18.0 Å². The number of piperidine rings is 1. The summed E-state index contributed by atoms with van der Waals surface area (Å²) >= 11 is 0. The molecule has 116 valence electrons. The Morgan fingerprint density at radius 1 is 1.50 bits per heavy atom. The smallest absolute Gasteiger partial charge is 0.342 e. The number of fused-ring (bicyclic) bond motifs is 1. The number of hydrogen-bond donors (Lipinski definition) is 1. The molecular formula is C16H21N5O. The van der Waals surface area contributed by atoms with Crippen LogP contribution in [0.25, 0.3) is 11.2 Å². The van der Waals surface area contributed by atoms with Gasteiger partial charge in [-0.3, -0.25) is 4.57 Å². The van der Waals surface area contributed by atoms with Crippen molar-refractivity contribution in [1.82, 2.24) is 14.1 Å². The van der Waals surface area contributed by atoms with E-state index in [0.29, 0.717) is 12.2 Å². The first-order chi connectivity index (χ1) is 10.7. The average molecular weight is 299 g/mol. The first-order valence-electron chi connectivity index (χ1n) is 7.71. The van der Waals surface area contributed by atoms with Crippen LogP contribution in [0.5, 0.6) is 0 Å². The fraction of sp³-hybridized carbons (Fsp3) is 0.500. The van der Waals surface area contributed by atoms with E-state index in [1.165, 1.54) is 4.57 Å². The highest BCUT2D eigenvalue weighted by Gasteiger charge is 2.23. The summed E-state index contributed by atoms with van der Waals surface area (Å²) in [5.41, 5.74) is 8.44. The molecule has 22 heavy (non-hydrogen) atoms. The minimum absolute atomic E-state index is 0.131. The Morgan fingerprint density at radius 3 is 3.00 bits per heavy atom. The maximum Gasteiger partial charge on any atom is 0.342 e. The monoisotopic (exact) mass is 299 g/mol. The molecule has 0 amide bonds. The molecule has 6 heteroatoms. The molecular weight excluding hydrogens is 278 g/mol. The maximum atomic E-state index is 12.5. The van der Waals surface area contributed by atoms with E-state index in [1.807, 2.05) is 13.0 Å². The molecule has 0 radical (unpaired) electrons. The summed E-state index contributed by atoms with van der Waals surface area (Å²) in [6.07, 6.45) is 3.86. The van der Waals surface area contributed by atoms with Crippen LogP contribution in [0.1, 0.15) is 26.7 Å². The summed E-state index contributed by atoms with van der Waals surface area (Å²) < 4.78 is 3.17. The Morgan fingerprint density at radius 2 is 2.32 bits per heavy atom.